The minimum atomic E-state index is 0.972. The highest BCUT2D eigenvalue weighted by atomic mass is 79.9. The molecule has 0 aliphatic heterocycles. The topological polar surface area (TPSA) is 12.9 Å². The molecule has 0 aliphatic rings. The fourth-order valence-electron chi connectivity index (χ4n) is 1.04. The number of rotatable bonds is 2. The van der Waals surface area contributed by atoms with E-state index in [0.717, 1.165) is 10.2 Å². The molecule has 0 saturated carbocycles. The summed E-state index contributed by atoms with van der Waals surface area (Å²) in [5, 5.41) is 4.17. The van der Waals surface area contributed by atoms with E-state index in [1.165, 1.54) is 5.56 Å². The minimum absolute atomic E-state index is 0.972. The molecule has 0 atom stereocenters. The highest BCUT2D eigenvalue weighted by molar-refractivity contribution is 9.10. The molecule has 2 aromatic heterocycles. The molecule has 0 N–H and O–H groups in total. The summed E-state index contributed by atoms with van der Waals surface area (Å²) in [5.41, 5.74) is 2.19. The Hall–Kier alpha value is -0.930. The van der Waals surface area contributed by atoms with E-state index in [4.69, 9.17) is 0 Å². The van der Waals surface area contributed by atoms with Crippen molar-refractivity contribution in [2.75, 3.05) is 0 Å². The number of hydrogen-bond acceptors (Lipinski definition) is 2. The molecule has 2 aromatic rings. The van der Waals surface area contributed by atoms with Crippen LogP contribution in [0.25, 0.3) is 12.2 Å². The fraction of sp³-hybridized carbons (Fsp3) is 0. The lowest BCUT2D eigenvalue weighted by molar-refractivity contribution is 1.28. The highest BCUT2D eigenvalue weighted by Crippen LogP contribution is 2.12. The fourth-order valence-corrected chi connectivity index (χ4v) is 1.90. The predicted octanol–water partition coefficient (Wildman–Crippen LogP) is 4.08. The monoisotopic (exact) mass is 265 g/mol. The smallest absolute Gasteiger partial charge is 0.0630 e. The molecule has 0 fully saturated rings. The van der Waals surface area contributed by atoms with Crippen molar-refractivity contribution in [3.05, 3.63) is 50.9 Å². The molecule has 14 heavy (non-hydrogen) atoms. The summed E-state index contributed by atoms with van der Waals surface area (Å²) in [4.78, 5) is 4.25. The standard InChI is InChI=1S/C11H8BrNS/c12-10-2-4-11(13-7-10)3-1-9-5-6-14-8-9/h1-8H/b3-1-. The number of pyridine rings is 1. The van der Waals surface area contributed by atoms with Gasteiger partial charge in [0.15, 0.2) is 0 Å². The van der Waals surface area contributed by atoms with Crippen LogP contribution in [0.5, 0.6) is 0 Å². The summed E-state index contributed by atoms with van der Waals surface area (Å²) in [7, 11) is 0. The van der Waals surface area contributed by atoms with Crippen LogP contribution in [0.1, 0.15) is 11.3 Å². The number of hydrogen-bond donors (Lipinski definition) is 0. The molecule has 0 aliphatic carbocycles. The van der Waals surface area contributed by atoms with Gasteiger partial charge in [-0.25, -0.2) is 0 Å². The van der Waals surface area contributed by atoms with E-state index >= 15 is 0 Å². The summed E-state index contributed by atoms with van der Waals surface area (Å²) in [6.45, 7) is 0. The first kappa shape index (κ1) is 9.62. The molecular weight excluding hydrogens is 258 g/mol. The van der Waals surface area contributed by atoms with Crippen molar-refractivity contribution in [2.24, 2.45) is 0 Å². The van der Waals surface area contributed by atoms with E-state index in [1.54, 1.807) is 17.5 Å². The van der Waals surface area contributed by atoms with Gasteiger partial charge >= 0.3 is 0 Å². The van der Waals surface area contributed by atoms with Gasteiger partial charge < -0.3 is 0 Å². The van der Waals surface area contributed by atoms with Gasteiger partial charge in [-0.3, -0.25) is 4.98 Å². The number of nitrogens with zero attached hydrogens (tertiary/aromatic N) is 1. The second-order valence-electron chi connectivity index (χ2n) is 2.79. The van der Waals surface area contributed by atoms with Crippen molar-refractivity contribution in [3.63, 3.8) is 0 Å². The average Bonchev–Trinajstić information content (AvgIpc) is 2.70. The molecule has 0 unspecified atom stereocenters. The molecule has 1 nitrogen and oxygen atoms in total. The normalized spacial score (nSPS) is 10.9. The van der Waals surface area contributed by atoms with E-state index in [0.29, 0.717) is 0 Å². The molecule has 0 aromatic carbocycles. The highest BCUT2D eigenvalue weighted by Gasteiger charge is 1.89. The molecule has 70 valence electrons. The quantitative estimate of drug-likeness (QED) is 0.798. The Morgan fingerprint density at radius 1 is 1.21 bits per heavy atom. The molecule has 2 heterocycles. The summed E-state index contributed by atoms with van der Waals surface area (Å²) < 4.78 is 1.00. The molecule has 3 heteroatoms. The summed E-state index contributed by atoms with van der Waals surface area (Å²) in [6, 6.07) is 6.05. The zero-order valence-corrected chi connectivity index (χ0v) is 9.75. The van der Waals surface area contributed by atoms with Crippen LogP contribution in [-0.2, 0) is 0 Å². The van der Waals surface area contributed by atoms with Gasteiger partial charge in [-0.15, -0.1) is 0 Å². The molecule has 0 amide bonds. The van der Waals surface area contributed by atoms with E-state index in [1.807, 2.05) is 18.2 Å². The van der Waals surface area contributed by atoms with Gasteiger partial charge in [0, 0.05) is 10.7 Å². The first-order valence-corrected chi connectivity index (χ1v) is 5.90. The Bertz CT molecular complexity index is 417. The molecule has 0 radical (unpaired) electrons. The lowest BCUT2D eigenvalue weighted by Crippen LogP contribution is -1.77. The average molecular weight is 266 g/mol. The Balaban J connectivity index is 2.15. The van der Waals surface area contributed by atoms with Crippen LogP contribution in [0.3, 0.4) is 0 Å². The number of aromatic nitrogens is 1. The SMILES string of the molecule is Brc1ccc(/C=C\c2ccsc2)nc1. The second kappa shape index (κ2) is 4.53. The van der Waals surface area contributed by atoms with Gasteiger partial charge in [0.25, 0.3) is 0 Å². The van der Waals surface area contributed by atoms with Gasteiger partial charge in [-0.2, -0.15) is 11.3 Å². The van der Waals surface area contributed by atoms with Crippen molar-refractivity contribution in [1.29, 1.82) is 0 Å². The Morgan fingerprint density at radius 2 is 2.14 bits per heavy atom. The van der Waals surface area contributed by atoms with Crippen LogP contribution in [0.15, 0.2) is 39.6 Å². The molecule has 0 spiro atoms. The maximum absolute atomic E-state index is 4.25. The number of halogens is 1. The van der Waals surface area contributed by atoms with E-state index in [9.17, 15) is 0 Å². The lowest BCUT2D eigenvalue weighted by Gasteiger charge is -1.91. The third-order valence-corrected chi connectivity index (χ3v) is 2.91. The molecule has 2 rings (SSSR count). The van der Waals surface area contributed by atoms with Crippen LogP contribution >= 0.6 is 27.3 Å². The summed E-state index contributed by atoms with van der Waals surface area (Å²) in [6.07, 6.45) is 5.87. The molecule has 0 saturated heterocycles. The van der Waals surface area contributed by atoms with Crippen LogP contribution < -0.4 is 0 Å². The first-order chi connectivity index (χ1) is 6.84. The largest absolute Gasteiger partial charge is 0.256 e. The second-order valence-corrected chi connectivity index (χ2v) is 4.49. The third kappa shape index (κ3) is 2.53. The summed E-state index contributed by atoms with van der Waals surface area (Å²) >= 11 is 5.05. The maximum atomic E-state index is 4.25. The first-order valence-electron chi connectivity index (χ1n) is 4.16. The van der Waals surface area contributed by atoms with Gasteiger partial charge in [0.1, 0.15) is 0 Å². The zero-order chi connectivity index (χ0) is 9.80. The van der Waals surface area contributed by atoms with Crippen molar-refractivity contribution in [2.45, 2.75) is 0 Å². The maximum Gasteiger partial charge on any atom is 0.0630 e. The van der Waals surface area contributed by atoms with Crippen LogP contribution in [0.2, 0.25) is 0 Å². The zero-order valence-electron chi connectivity index (χ0n) is 7.35. The van der Waals surface area contributed by atoms with Crippen LogP contribution in [0.4, 0.5) is 0 Å². The van der Waals surface area contributed by atoms with Crippen molar-refractivity contribution < 1.29 is 0 Å². The van der Waals surface area contributed by atoms with Crippen LogP contribution in [0, 0.1) is 0 Å². The number of thiophene rings is 1. The van der Waals surface area contributed by atoms with Crippen molar-refractivity contribution in [3.8, 4) is 0 Å². The molecule has 0 bridgehead atoms. The van der Waals surface area contributed by atoms with E-state index in [-0.39, 0.29) is 0 Å². The van der Waals surface area contributed by atoms with Crippen molar-refractivity contribution in [1.82, 2.24) is 4.98 Å². The predicted molar refractivity (Wildman–Crippen MR) is 65.2 cm³/mol. The molecular formula is C11H8BrNS. The van der Waals surface area contributed by atoms with Crippen molar-refractivity contribution >= 4 is 39.4 Å². The van der Waals surface area contributed by atoms with Gasteiger partial charge in [-0.1, -0.05) is 6.08 Å². The minimum Gasteiger partial charge on any atom is -0.256 e. The van der Waals surface area contributed by atoms with Gasteiger partial charge in [0.05, 0.1) is 5.69 Å². The summed E-state index contributed by atoms with van der Waals surface area (Å²) in [5.74, 6) is 0. The van der Waals surface area contributed by atoms with E-state index in [2.05, 4.69) is 43.8 Å². The Labute approximate surface area is 95.3 Å². The van der Waals surface area contributed by atoms with Crippen LogP contribution in [-0.4, -0.2) is 4.98 Å². The van der Waals surface area contributed by atoms with Gasteiger partial charge in [0.2, 0.25) is 0 Å². The Morgan fingerprint density at radius 3 is 2.79 bits per heavy atom. The Kier molecular flexibility index (Phi) is 3.11. The third-order valence-electron chi connectivity index (χ3n) is 1.74. The van der Waals surface area contributed by atoms with E-state index < -0.39 is 0 Å². The lowest BCUT2D eigenvalue weighted by atomic mass is 10.2. The van der Waals surface area contributed by atoms with Gasteiger partial charge in [-0.05, 0) is 56.5 Å².